The number of phenolic OH excluding ortho intramolecular Hbond substituents is 1. The number of halogens is 1. The zero-order valence-corrected chi connectivity index (χ0v) is 6.16. The minimum absolute atomic E-state index is 0.120. The fourth-order valence-electron chi connectivity index (χ4n) is 1.14. The number of aromatic nitrogens is 1. The van der Waals surface area contributed by atoms with Gasteiger partial charge in [-0.05, 0) is 12.1 Å². The maximum atomic E-state index is 12.7. The quantitative estimate of drug-likeness (QED) is 0.643. The Hall–Kier alpha value is -1.64. The molecule has 0 fully saturated rings. The normalized spacial score (nSPS) is 10.4. The third-order valence-corrected chi connectivity index (χ3v) is 1.65. The van der Waals surface area contributed by atoms with Crippen molar-refractivity contribution in [2.45, 2.75) is 0 Å². The highest BCUT2D eigenvalue weighted by molar-refractivity contribution is 5.83. The van der Waals surface area contributed by atoms with Crippen molar-refractivity contribution in [3.05, 3.63) is 36.3 Å². The molecule has 0 saturated carbocycles. The summed E-state index contributed by atoms with van der Waals surface area (Å²) < 4.78 is 12.7. The lowest BCUT2D eigenvalue weighted by atomic mass is 10.2. The van der Waals surface area contributed by atoms with Crippen molar-refractivity contribution in [1.82, 2.24) is 4.98 Å². The van der Waals surface area contributed by atoms with E-state index in [1.54, 1.807) is 18.3 Å². The highest BCUT2D eigenvalue weighted by Crippen LogP contribution is 2.22. The lowest BCUT2D eigenvalue weighted by Gasteiger charge is -1.98. The van der Waals surface area contributed by atoms with Crippen LogP contribution in [-0.2, 0) is 0 Å². The summed E-state index contributed by atoms with van der Waals surface area (Å²) in [5.41, 5.74) is 0.430. The van der Waals surface area contributed by atoms with Gasteiger partial charge in [-0.2, -0.15) is 0 Å². The van der Waals surface area contributed by atoms with Gasteiger partial charge in [-0.25, -0.2) is 4.39 Å². The molecule has 2 aromatic rings. The van der Waals surface area contributed by atoms with Crippen LogP contribution in [0.25, 0.3) is 10.9 Å². The lowest BCUT2D eigenvalue weighted by molar-refractivity contribution is 0.474. The van der Waals surface area contributed by atoms with E-state index in [4.69, 9.17) is 0 Å². The Bertz CT molecular complexity index is 428. The Balaban J connectivity index is 2.89. The molecular formula is C9H6FNO. The first kappa shape index (κ1) is 7.03. The first-order chi connectivity index (χ1) is 5.77. The molecule has 0 saturated heterocycles. The molecule has 0 aliphatic heterocycles. The van der Waals surface area contributed by atoms with E-state index in [1.165, 1.54) is 6.07 Å². The van der Waals surface area contributed by atoms with Crippen LogP contribution in [0.2, 0.25) is 0 Å². The fourth-order valence-corrected chi connectivity index (χ4v) is 1.14. The van der Waals surface area contributed by atoms with Gasteiger partial charge in [0, 0.05) is 17.6 Å². The summed E-state index contributed by atoms with van der Waals surface area (Å²) in [6.45, 7) is 0. The standard InChI is InChI=1S/C9H6FNO/c10-7-4-6-2-1-3-11-9(6)8(12)5-7/h1-5,12H/i10-1. The Labute approximate surface area is 68.3 Å². The van der Waals surface area contributed by atoms with Gasteiger partial charge in [0.05, 0.1) is 0 Å². The SMILES string of the molecule is Oc1cc([18F])cc2cccnc12. The molecule has 1 N–H and O–H groups in total. The maximum absolute atomic E-state index is 12.7. The summed E-state index contributed by atoms with van der Waals surface area (Å²) in [5.74, 6) is -0.571. The van der Waals surface area contributed by atoms with Crippen molar-refractivity contribution < 1.29 is 9.50 Å². The van der Waals surface area contributed by atoms with Crippen molar-refractivity contribution in [1.29, 1.82) is 0 Å². The van der Waals surface area contributed by atoms with Crippen molar-refractivity contribution >= 4 is 10.9 Å². The predicted octanol–water partition coefficient (Wildman–Crippen LogP) is 2.08. The molecule has 1 heterocycles. The van der Waals surface area contributed by atoms with E-state index in [-0.39, 0.29) is 5.75 Å². The van der Waals surface area contributed by atoms with Gasteiger partial charge >= 0.3 is 0 Å². The van der Waals surface area contributed by atoms with Crippen LogP contribution in [0.15, 0.2) is 30.5 Å². The van der Waals surface area contributed by atoms with Crippen LogP contribution < -0.4 is 0 Å². The van der Waals surface area contributed by atoms with Gasteiger partial charge in [0.25, 0.3) is 0 Å². The minimum atomic E-state index is -0.451. The molecule has 0 aliphatic rings. The van der Waals surface area contributed by atoms with Crippen LogP contribution in [0.1, 0.15) is 0 Å². The van der Waals surface area contributed by atoms with E-state index in [9.17, 15) is 9.50 Å². The van der Waals surface area contributed by atoms with Crippen LogP contribution in [0, 0.1) is 5.82 Å². The molecule has 0 amide bonds. The molecule has 3 heteroatoms. The van der Waals surface area contributed by atoms with Gasteiger partial charge in [0.1, 0.15) is 17.1 Å². The van der Waals surface area contributed by atoms with E-state index in [1.807, 2.05) is 0 Å². The summed E-state index contributed by atoms with van der Waals surface area (Å²) >= 11 is 0. The van der Waals surface area contributed by atoms with E-state index < -0.39 is 5.82 Å². The number of rotatable bonds is 0. The predicted molar refractivity (Wildman–Crippen MR) is 43.4 cm³/mol. The molecule has 0 bridgehead atoms. The molecule has 0 unspecified atom stereocenters. The highest BCUT2D eigenvalue weighted by atomic mass is 18.2. The summed E-state index contributed by atoms with van der Waals surface area (Å²) in [5, 5.41) is 9.86. The molecule has 0 aliphatic carbocycles. The zero-order valence-electron chi connectivity index (χ0n) is 6.16. The Kier molecular flexibility index (Phi) is 1.43. The number of hydrogen-bond acceptors (Lipinski definition) is 2. The molecule has 2 rings (SSSR count). The minimum Gasteiger partial charge on any atom is -0.506 e. The topological polar surface area (TPSA) is 33.1 Å². The molecule has 12 heavy (non-hydrogen) atoms. The summed E-state index contributed by atoms with van der Waals surface area (Å²) in [6.07, 6.45) is 1.56. The molecule has 0 radical (unpaired) electrons. The maximum Gasteiger partial charge on any atom is 0.144 e. The number of nitrogens with zero attached hydrogens (tertiary/aromatic N) is 1. The largest absolute Gasteiger partial charge is 0.506 e. The van der Waals surface area contributed by atoms with Gasteiger partial charge in [-0.15, -0.1) is 0 Å². The van der Waals surface area contributed by atoms with Crippen molar-refractivity contribution in [3.63, 3.8) is 0 Å². The zero-order chi connectivity index (χ0) is 8.55. The van der Waals surface area contributed by atoms with Crippen LogP contribution in [-0.4, -0.2) is 10.1 Å². The number of phenols is 1. The second kappa shape index (κ2) is 2.44. The lowest BCUT2D eigenvalue weighted by Crippen LogP contribution is -1.80. The molecule has 2 nitrogen and oxygen atoms in total. The van der Waals surface area contributed by atoms with Crippen LogP contribution in [0.5, 0.6) is 5.75 Å². The van der Waals surface area contributed by atoms with Crippen LogP contribution in [0.3, 0.4) is 0 Å². The number of pyridine rings is 1. The van der Waals surface area contributed by atoms with E-state index in [0.29, 0.717) is 10.9 Å². The van der Waals surface area contributed by atoms with Gasteiger partial charge in [0.15, 0.2) is 0 Å². The van der Waals surface area contributed by atoms with Crippen molar-refractivity contribution in [3.8, 4) is 5.75 Å². The monoisotopic (exact) mass is 162 g/mol. The number of hydrogen-bond donors (Lipinski definition) is 1. The highest BCUT2D eigenvalue weighted by Gasteiger charge is 2.01. The molecule has 60 valence electrons. The summed E-state index contributed by atoms with van der Waals surface area (Å²) in [6, 6.07) is 5.78. The Morgan fingerprint density at radius 3 is 3.00 bits per heavy atom. The molecule has 1 aromatic carbocycles. The van der Waals surface area contributed by atoms with Crippen LogP contribution in [0.4, 0.5) is 4.39 Å². The molecule has 1 aromatic heterocycles. The van der Waals surface area contributed by atoms with E-state index in [2.05, 4.69) is 4.98 Å². The van der Waals surface area contributed by atoms with Gasteiger partial charge in [-0.1, -0.05) is 6.07 Å². The smallest absolute Gasteiger partial charge is 0.144 e. The third-order valence-electron chi connectivity index (χ3n) is 1.65. The third kappa shape index (κ3) is 0.993. The second-order valence-corrected chi connectivity index (χ2v) is 2.50. The first-order valence-corrected chi connectivity index (χ1v) is 3.50. The summed E-state index contributed by atoms with van der Waals surface area (Å²) in [4.78, 5) is 3.91. The van der Waals surface area contributed by atoms with Crippen molar-refractivity contribution in [2.75, 3.05) is 0 Å². The van der Waals surface area contributed by atoms with Crippen molar-refractivity contribution in [2.24, 2.45) is 0 Å². The van der Waals surface area contributed by atoms with Gasteiger partial charge < -0.3 is 5.11 Å². The summed E-state index contributed by atoms with van der Waals surface area (Å²) in [7, 11) is 0. The average Bonchev–Trinajstić information content (AvgIpc) is 2.04. The van der Waals surface area contributed by atoms with E-state index in [0.717, 1.165) is 6.07 Å². The van der Waals surface area contributed by atoms with E-state index >= 15 is 0 Å². The average molecular weight is 162 g/mol. The second-order valence-electron chi connectivity index (χ2n) is 2.50. The van der Waals surface area contributed by atoms with Gasteiger partial charge in [-0.3, -0.25) is 4.98 Å². The Morgan fingerprint density at radius 2 is 2.17 bits per heavy atom. The number of fused-ring (bicyclic) bond motifs is 1. The number of aromatic hydroxyl groups is 1. The van der Waals surface area contributed by atoms with Gasteiger partial charge in [0.2, 0.25) is 0 Å². The first-order valence-electron chi connectivity index (χ1n) is 3.50. The Morgan fingerprint density at radius 1 is 1.33 bits per heavy atom. The fraction of sp³-hybridized carbons (Fsp3) is 0. The molecular weight excluding hydrogens is 156 g/mol. The molecule has 0 spiro atoms. The van der Waals surface area contributed by atoms with Crippen LogP contribution >= 0.6 is 0 Å². The molecule has 0 atom stereocenters. The number of benzene rings is 1.